The molecule has 1 atom stereocenters. The Balaban J connectivity index is 2.92. The Kier molecular flexibility index (Phi) is 4.87. The summed E-state index contributed by atoms with van der Waals surface area (Å²) in [7, 11) is 0.857. The molecule has 1 aromatic carbocycles. The molecule has 0 amide bonds. The van der Waals surface area contributed by atoms with Gasteiger partial charge in [-0.25, -0.2) is 8.42 Å². The van der Waals surface area contributed by atoms with Crippen LogP contribution < -0.4 is 10.2 Å². The van der Waals surface area contributed by atoms with Gasteiger partial charge in [-0.15, -0.1) is 0 Å². The Bertz CT molecular complexity index is 515. The number of hydrogen-bond donors (Lipinski definition) is 1. The van der Waals surface area contributed by atoms with E-state index in [9.17, 15) is 8.42 Å². The van der Waals surface area contributed by atoms with E-state index in [1.165, 1.54) is 6.26 Å². The highest BCUT2D eigenvalue weighted by molar-refractivity contribution is 7.90. The lowest BCUT2D eigenvalue weighted by molar-refractivity contribution is 0.598. The lowest BCUT2D eigenvalue weighted by Gasteiger charge is -2.21. The average molecular weight is 291 g/mol. The molecule has 0 aliphatic rings. The summed E-state index contributed by atoms with van der Waals surface area (Å²) in [6.07, 6.45) is 1.23. The topological polar surface area (TPSA) is 49.4 Å². The normalized spacial score (nSPS) is 13.2. The first-order valence-electron chi connectivity index (χ1n) is 5.60. The monoisotopic (exact) mass is 290 g/mol. The summed E-state index contributed by atoms with van der Waals surface area (Å²) < 4.78 is 22.5. The standard InChI is InChI=1S/C12H19ClN2O2S/c1-9(8-18(4,16)17)14-11-7-10(13)5-6-12(11)15(2)3/h5-7,9,14H,8H2,1-4H3. The molecule has 0 bridgehead atoms. The molecule has 1 rings (SSSR count). The van der Waals surface area contributed by atoms with E-state index in [1.807, 2.05) is 38.1 Å². The predicted molar refractivity (Wildman–Crippen MR) is 78.6 cm³/mol. The van der Waals surface area contributed by atoms with Crippen LogP contribution in [0.15, 0.2) is 18.2 Å². The third-order valence-corrected chi connectivity index (χ3v) is 3.74. The highest BCUT2D eigenvalue weighted by atomic mass is 35.5. The van der Waals surface area contributed by atoms with Crippen molar-refractivity contribution in [3.05, 3.63) is 23.2 Å². The summed E-state index contributed by atoms with van der Waals surface area (Å²) in [6.45, 7) is 1.83. The predicted octanol–water partition coefficient (Wildman–Crippen LogP) is 2.25. The number of sulfone groups is 1. The molecule has 1 unspecified atom stereocenters. The molecule has 1 N–H and O–H groups in total. The van der Waals surface area contributed by atoms with E-state index in [1.54, 1.807) is 6.07 Å². The Morgan fingerprint density at radius 2 is 2.00 bits per heavy atom. The molecule has 0 saturated heterocycles. The maximum atomic E-state index is 11.2. The summed E-state index contributed by atoms with van der Waals surface area (Å²) in [6, 6.07) is 5.34. The molecule has 6 heteroatoms. The van der Waals surface area contributed by atoms with Crippen molar-refractivity contribution in [2.24, 2.45) is 0 Å². The van der Waals surface area contributed by atoms with Crippen LogP contribution in [-0.4, -0.2) is 40.6 Å². The molecule has 0 spiro atoms. The summed E-state index contributed by atoms with van der Waals surface area (Å²) in [5.74, 6) is 0.0897. The first kappa shape index (κ1) is 15.1. The molecule has 0 aliphatic carbocycles. The van der Waals surface area contributed by atoms with Gasteiger partial charge in [0.2, 0.25) is 0 Å². The SMILES string of the molecule is CC(CS(C)(=O)=O)Nc1cc(Cl)ccc1N(C)C. The van der Waals surface area contributed by atoms with Crippen molar-refractivity contribution in [3.8, 4) is 0 Å². The number of benzene rings is 1. The van der Waals surface area contributed by atoms with E-state index in [2.05, 4.69) is 5.32 Å². The summed E-state index contributed by atoms with van der Waals surface area (Å²) in [5, 5.41) is 3.80. The minimum Gasteiger partial charge on any atom is -0.380 e. The molecule has 102 valence electrons. The van der Waals surface area contributed by atoms with Crippen LogP contribution in [0, 0.1) is 0 Å². The van der Waals surface area contributed by atoms with E-state index in [0.717, 1.165) is 11.4 Å². The Morgan fingerprint density at radius 3 is 2.50 bits per heavy atom. The number of rotatable bonds is 5. The van der Waals surface area contributed by atoms with Crippen LogP contribution in [0.3, 0.4) is 0 Å². The summed E-state index contributed by atoms with van der Waals surface area (Å²) >= 11 is 5.96. The zero-order valence-corrected chi connectivity index (χ0v) is 12.6. The van der Waals surface area contributed by atoms with Crippen molar-refractivity contribution >= 4 is 32.8 Å². The fourth-order valence-electron chi connectivity index (χ4n) is 1.78. The molecular formula is C12H19ClN2O2S. The van der Waals surface area contributed by atoms with Gasteiger partial charge in [-0.05, 0) is 25.1 Å². The zero-order chi connectivity index (χ0) is 13.9. The molecule has 1 aromatic rings. The van der Waals surface area contributed by atoms with Crippen LogP contribution in [0.4, 0.5) is 11.4 Å². The largest absolute Gasteiger partial charge is 0.380 e. The van der Waals surface area contributed by atoms with Crippen LogP contribution in [0.25, 0.3) is 0 Å². The van der Waals surface area contributed by atoms with Crippen molar-refractivity contribution in [2.75, 3.05) is 36.3 Å². The van der Waals surface area contributed by atoms with Crippen molar-refractivity contribution in [1.82, 2.24) is 0 Å². The van der Waals surface area contributed by atoms with E-state index in [0.29, 0.717) is 5.02 Å². The van der Waals surface area contributed by atoms with E-state index in [4.69, 9.17) is 11.6 Å². The smallest absolute Gasteiger partial charge is 0.149 e. The van der Waals surface area contributed by atoms with Crippen molar-refractivity contribution < 1.29 is 8.42 Å². The van der Waals surface area contributed by atoms with Gasteiger partial charge in [0.05, 0.1) is 17.1 Å². The molecule has 0 fully saturated rings. The van der Waals surface area contributed by atoms with Crippen LogP contribution in [-0.2, 0) is 9.84 Å². The van der Waals surface area contributed by atoms with Crippen molar-refractivity contribution in [3.63, 3.8) is 0 Å². The molecule has 0 aromatic heterocycles. The van der Waals surface area contributed by atoms with Gasteiger partial charge in [0.15, 0.2) is 0 Å². The number of anilines is 2. The number of nitrogens with zero attached hydrogens (tertiary/aromatic N) is 1. The second-order valence-corrected chi connectivity index (χ2v) is 7.31. The summed E-state index contributed by atoms with van der Waals surface area (Å²) in [5.41, 5.74) is 1.81. The quantitative estimate of drug-likeness (QED) is 0.904. The van der Waals surface area contributed by atoms with Gasteiger partial charge in [-0.1, -0.05) is 11.6 Å². The Morgan fingerprint density at radius 1 is 1.39 bits per heavy atom. The third kappa shape index (κ3) is 4.74. The van der Waals surface area contributed by atoms with Gasteiger partial charge in [0.25, 0.3) is 0 Å². The number of halogens is 1. The molecule has 0 radical (unpaired) electrons. The van der Waals surface area contributed by atoms with E-state index < -0.39 is 9.84 Å². The van der Waals surface area contributed by atoms with Gasteiger partial charge in [-0.2, -0.15) is 0 Å². The fourth-order valence-corrected chi connectivity index (χ4v) is 2.94. The first-order valence-corrected chi connectivity index (χ1v) is 8.04. The van der Waals surface area contributed by atoms with Crippen LogP contribution in [0.2, 0.25) is 5.02 Å². The van der Waals surface area contributed by atoms with Crippen molar-refractivity contribution in [2.45, 2.75) is 13.0 Å². The number of hydrogen-bond acceptors (Lipinski definition) is 4. The maximum absolute atomic E-state index is 11.2. The van der Waals surface area contributed by atoms with Gasteiger partial charge in [0.1, 0.15) is 9.84 Å². The second kappa shape index (κ2) is 5.80. The molecular weight excluding hydrogens is 272 g/mol. The van der Waals surface area contributed by atoms with Gasteiger partial charge in [0, 0.05) is 31.4 Å². The van der Waals surface area contributed by atoms with E-state index >= 15 is 0 Å². The molecule has 0 aliphatic heterocycles. The highest BCUT2D eigenvalue weighted by Gasteiger charge is 2.13. The zero-order valence-electron chi connectivity index (χ0n) is 11.1. The molecule has 0 heterocycles. The van der Waals surface area contributed by atoms with Crippen molar-refractivity contribution in [1.29, 1.82) is 0 Å². The lowest BCUT2D eigenvalue weighted by atomic mass is 10.2. The van der Waals surface area contributed by atoms with Crippen LogP contribution in [0.5, 0.6) is 0 Å². The van der Waals surface area contributed by atoms with Gasteiger partial charge < -0.3 is 10.2 Å². The fraction of sp³-hybridized carbons (Fsp3) is 0.500. The number of nitrogens with one attached hydrogen (secondary N) is 1. The van der Waals surface area contributed by atoms with Crippen LogP contribution >= 0.6 is 11.6 Å². The summed E-state index contributed by atoms with van der Waals surface area (Å²) in [4.78, 5) is 1.95. The Hall–Kier alpha value is -0.940. The van der Waals surface area contributed by atoms with Gasteiger partial charge in [-0.3, -0.25) is 0 Å². The third-order valence-electron chi connectivity index (χ3n) is 2.40. The highest BCUT2D eigenvalue weighted by Crippen LogP contribution is 2.28. The first-order chi connectivity index (χ1) is 8.19. The molecule has 18 heavy (non-hydrogen) atoms. The van der Waals surface area contributed by atoms with Gasteiger partial charge >= 0.3 is 0 Å². The Labute approximate surface area is 114 Å². The minimum atomic E-state index is -3.00. The van der Waals surface area contributed by atoms with E-state index in [-0.39, 0.29) is 11.8 Å². The average Bonchev–Trinajstić information content (AvgIpc) is 2.13. The molecule has 4 nitrogen and oxygen atoms in total. The van der Waals surface area contributed by atoms with Crippen LogP contribution in [0.1, 0.15) is 6.92 Å². The maximum Gasteiger partial charge on any atom is 0.149 e. The molecule has 0 saturated carbocycles. The minimum absolute atomic E-state index is 0.0897. The second-order valence-electron chi connectivity index (χ2n) is 4.69. The lowest BCUT2D eigenvalue weighted by Crippen LogP contribution is -2.26.